The van der Waals surface area contributed by atoms with Crippen molar-refractivity contribution in [2.24, 2.45) is 11.8 Å². The van der Waals surface area contributed by atoms with Crippen molar-refractivity contribution in [3.05, 3.63) is 34.9 Å². The third-order valence-corrected chi connectivity index (χ3v) is 7.10. The number of hydrogen-bond acceptors (Lipinski definition) is 2. The van der Waals surface area contributed by atoms with Gasteiger partial charge in [-0.05, 0) is 61.5 Å². The summed E-state index contributed by atoms with van der Waals surface area (Å²) in [7, 11) is 0. The van der Waals surface area contributed by atoms with Crippen molar-refractivity contribution in [2.75, 3.05) is 0 Å². The summed E-state index contributed by atoms with van der Waals surface area (Å²) in [4.78, 5) is 23.9. The molecule has 4 rings (SSSR count). The number of urea groups is 1. The zero-order valence-corrected chi connectivity index (χ0v) is 16.3. The summed E-state index contributed by atoms with van der Waals surface area (Å²) in [5, 5.41) is 4.85. The second-order valence-corrected chi connectivity index (χ2v) is 8.67. The van der Waals surface area contributed by atoms with Gasteiger partial charge in [-0.3, -0.25) is 10.1 Å². The van der Waals surface area contributed by atoms with Gasteiger partial charge in [0.15, 0.2) is 0 Å². The van der Waals surface area contributed by atoms with E-state index < -0.39 is 41.1 Å². The number of carbonyl (C=O) groups is 2. The molecular weight excluding hydrogens is 433 g/mol. The quantitative estimate of drug-likeness (QED) is 0.508. The van der Waals surface area contributed by atoms with Crippen molar-refractivity contribution in [3.8, 4) is 0 Å². The van der Waals surface area contributed by atoms with E-state index in [1.807, 2.05) is 0 Å². The molecule has 0 radical (unpaired) electrons. The van der Waals surface area contributed by atoms with Crippen LogP contribution in [0.5, 0.6) is 0 Å². The van der Waals surface area contributed by atoms with E-state index in [1.54, 1.807) is 6.92 Å². The van der Waals surface area contributed by atoms with Gasteiger partial charge >= 0.3 is 24.1 Å². The molecule has 2 unspecified atom stereocenters. The number of aryl methyl sites for hydroxylation is 1. The molecule has 1 aromatic carbocycles. The molecule has 3 amide bonds. The Hall–Kier alpha value is -2.33. The van der Waals surface area contributed by atoms with Gasteiger partial charge in [0.25, 0.3) is 5.91 Å². The minimum absolute atomic E-state index is 0.0899. The number of halogens is 7. The first-order valence-corrected chi connectivity index (χ1v) is 9.79. The second kappa shape index (κ2) is 6.59. The first kappa shape index (κ1) is 21.9. The monoisotopic (exact) mass is 452 g/mol. The lowest BCUT2D eigenvalue weighted by Crippen LogP contribution is -2.52. The summed E-state index contributed by atoms with van der Waals surface area (Å²) in [5.41, 5.74) is -7.24. The van der Waals surface area contributed by atoms with E-state index in [0.29, 0.717) is 37.0 Å². The molecule has 1 heterocycles. The van der Waals surface area contributed by atoms with Crippen molar-refractivity contribution < 1.29 is 40.3 Å². The van der Waals surface area contributed by atoms with Gasteiger partial charge in [0.2, 0.25) is 0 Å². The topological polar surface area (TPSA) is 58.2 Å². The number of nitrogens with one attached hydrogen (secondary N) is 2. The molecule has 1 aliphatic heterocycles. The molecule has 3 aliphatic rings. The summed E-state index contributed by atoms with van der Waals surface area (Å²) < 4.78 is 93.0. The third-order valence-electron chi connectivity index (χ3n) is 7.10. The first-order chi connectivity index (χ1) is 14.2. The van der Waals surface area contributed by atoms with Crippen LogP contribution in [0.2, 0.25) is 0 Å². The molecule has 170 valence electrons. The highest BCUT2D eigenvalue weighted by molar-refractivity contribution is 6.07. The molecule has 11 heteroatoms. The van der Waals surface area contributed by atoms with Gasteiger partial charge in [-0.15, -0.1) is 0 Å². The molecule has 4 nitrogen and oxygen atoms in total. The van der Waals surface area contributed by atoms with Gasteiger partial charge in [-0.25, -0.2) is 9.18 Å². The fourth-order valence-corrected chi connectivity index (χ4v) is 5.60. The summed E-state index contributed by atoms with van der Waals surface area (Å²) in [5.74, 6) is -0.979. The van der Waals surface area contributed by atoms with Crippen LogP contribution in [0, 0.1) is 11.8 Å². The highest BCUT2D eigenvalue weighted by Crippen LogP contribution is 2.56. The van der Waals surface area contributed by atoms with Crippen LogP contribution >= 0.6 is 0 Å². The average Bonchev–Trinajstić information content (AvgIpc) is 3.20. The molecule has 1 aromatic rings. The Balaban J connectivity index is 1.68. The minimum Gasteiger partial charge on any atom is -0.323 e. The van der Waals surface area contributed by atoms with Crippen molar-refractivity contribution >= 4 is 11.9 Å². The lowest BCUT2D eigenvalue weighted by Gasteiger charge is -2.38. The maximum Gasteiger partial charge on any atom is 0.435 e. The van der Waals surface area contributed by atoms with Crippen LogP contribution in [0.3, 0.4) is 0 Å². The normalized spacial score (nSPS) is 31.2. The van der Waals surface area contributed by atoms with Gasteiger partial charge < -0.3 is 5.32 Å². The fourth-order valence-electron chi connectivity index (χ4n) is 5.60. The molecular formula is C20H19F7N2O2. The van der Waals surface area contributed by atoms with E-state index in [0.717, 1.165) is 6.07 Å². The van der Waals surface area contributed by atoms with Gasteiger partial charge in [0, 0.05) is 5.56 Å². The van der Waals surface area contributed by atoms with Gasteiger partial charge in [-0.2, -0.15) is 26.3 Å². The predicted octanol–water partition coefficient (Wildman–Crippen LogP) is 4.63. The van der Waals surface area contributed by atoms with E-state index in [9.17, 15) is 40.3 Å². The summed E-state index contributed by atoms with van der Waals surface area (Å²) in [6, 6.07) is 1.77. The largest absolute Gasteiger partial charge is 0.435 e. The number of fused-ring (bicyclic) bond motifs is 3. The van der Waals surface area contributed by atoms with Crippen molar-refractivity contribution in [1.82, 2.24) is 10.6 Å². The standard InChI is InChI=1S/C20H19F7N2O2/c1-17(15(30)28-16(31)29-17)14-7-6-12-11-5-3-10(8-9(11)2-4-13(12)14)18(21,19(22,23)24)20(25,26)27/h3,5,8,12-14H,2,4,6-7H2,1H3,(H2,28,29,30,31)/t12-,13?,14+,17?/m0/s1. The van der Waals surface area contributed by atoms with E-state index in [-0.39, 0.29) is 29.7 Å². The molecule has 0 bridgehead atoms. The van der Waals surface area contributed by atoms with Crippen LogP contribution in [0.4, 0.5) is 35.5 Å². The molecule has 1 saturated carbocycles. The van der Waals surface area contributed by atoms with Crippen LogP contribution in [-0.2, 0) is 16.9 Å². The SMILES string of the molecule is CC1([C@@H]2CC[C@H]3c4ccc(C(F)(C(F)(F)F)C(F)(F)F)cc4CCC23)NC(=O)NC1=O. The highest BCUT2D eigenvalue weighted by atomic mass is 19.4. The Morgan fingerprint density at radius 2 is 1.61 bits per heavy atom. The minimum atomic E-state index is -6.15. The molecule has 1 saturated heterocycles. The zero-order valence-electron chi connectivity index (χ0n) is 16.3. The Bertz CT molecular complexity index is 928. The summed E-state index contributed by atoms with van der Waals surface area (Å²) >= 11 is 0. The van der Waals surface area contributed by atoms with Crippen LogP contribution in [0.25, 0.3) is 0 Å². The number of hydrogen-bond donors (Lipinski definition) is 2. The van der Waals surface area contributed by atoms with E-state index in [1.165, 1.54) is 0 Å². The molecule has 0 aromatic heterocycles. The maximum atomic E-state index is 14.4. The van der Waals surface area contributed by atoms with Crippen molar-refractivity contribution in [2.45, 2.75) is 62.1 Å². The number of imide groups is 1. The van der Waals surface area contributed by atoms with E-state index >= 15 is 0 Å². The molecule has 2 fully saturated rings. The van der Waals surface area contributed by atoms with Gasteiger partial charge in [0.1, 0.15) is 5.54 Å². The first-order valence-electron chi connectivity index (χ1n) is 9.79. The maximum absolute atomic E-state index is 14.4. The molecule has 31 heavy (non-hydrogen) atoms. The lowest BCUT2D eigenvalue weighted by molar-refractivity contribution is -0.348. The smallest absolute Gasteiger partial charge is 0.323 e. The van der Waals surface area contributed by atoms with Crippen LogP contribution < -0.4 is 10.6 Å². The van der Waals surface area contributed by atoms with Crippen LogP contribution in [0.1, 0.15) is 48.8 Å². The highest BCUT2D eigenvalue weighted by Gasteiger charge is 2.73. The zero-order chi connectivity index (χ0) is 23.0. The molecule has 2 N–H and O–H groups in total. The van der Waals surface area contributed by atoms with Crippen LogP contribution in [0.15, 0.2) is 18.2 Å². The predicted molar refractivity (Wildman–Crippen MR) is 93.7 cm³/mol. The summed E-state index contributed by atoms with van der Waals surface area (Å²) in [6.07, 6.45) is -10.6. The van der Waals surface area contributed by atoms with E-state index in [2.05, 4.69) is 10.6 Å². The fraction of sp³-hybridized carbons (Fsp3) is 0.600. The van der Waals surface area contributed by atoms with Gasteiger partial charge in [0.05, 0.1) is 0 Å². The van der Waals surface area contributed by atoms with Crippen LogP contribution in [-0.4, -0.2) is 29.8 Å². The average molecular weight is 452 g/mol. The molecule has 2 aliphatic carbocycles. The number of amides is 3. The molecule has 0 spiro atoms. The third kappa shape index (κ3) is 3.02. The Kier molecular flexibility index (Phi) is 4.65. The lowest BCUT2D eigenvalue weighted by atomic mass is 9.69. The number of alkyl halides is 7. The number of carbonyl (C=O) groups excluding carboxylic acids is 2. The Labute approximate surface area is 172 Å². The second-order valence-electron chi connectivity index (χ2n) is 8.67. The van der Waals surface area contributed by atoms with Gasteiger partial charge in [-0.1, -0.05) is 18.2 Å². The molecule has 4 atom stereocenters. The Morgan fingerprint density at radius 1 is 0.968 bits per heavy atom. The van der Waals surface area contributed by atoms with Crippen molar-refractivity contribution in [1.29, 1.82) is 0 Å². The Morgan fingerprint density at radius 3 is 2.16 bits per heavy atom. The van der Waals surface area contributed by atoms with Crippen molar-refractivity contribution in [3.63, 3.8) is 0 Å². The van der Waals surface area contributed by atoms with E-state index in [4.69, 9.17) is 0 Å². The summed E-state index contributed by atoms with van der Waals surface area (Å²) in [6.45, 7) is 1.61. The number of rotatable bonds is 2. The number of benzene rings is 1.